The predicted molar refractivity (Wildman–Crippen MR) is 122 cm³/mol. The number of primary amides is 1. The van der Waals surface area contributed by atoms with E-state index in [4.69, 9.17) is 10.5 Å². The molecule has 4 heterocycles. The first-order chi connectivity index (χ1) is 17.3. The number of hydrogen-bond acceptors (Lipinski definition) is 5. The number of hydrogen-bond donors (Lipinski definition) is 1. The van der Waals surface area contributed by atoms with Gasteiger partial charge in [0.05, 0.1) is 24.0 Å². The van der Waals surface area contributed by atoms with Crippen molar-refractivity contribution in [2.45, 2.75) is 25.9 Å². The Labute approximate surface area is 206 Å². The van der Waals surface area contributed by atoms with Crippen LogP contribution in [0.25, 0.3) is 16.7 Å². The molecule has 0 bridgehead atoms. The fraction of sp³-hybridized carbons (Fsp3) is 0.375. The van der Waals surface area contributed by atoms with Gasteiger partial charge in [0.1, 0.15) is 22.9 Å². The van der Waals surface area contributed by atoms with Gasteiger partial charge in [-0.25, -0.2) is 18.2 Å². The average Bonchev–Trinajstić information content (AvgIpc) is 2.72. The number of alkyl halides is 3. The Morgan fingerprint density at radius 1 is 1.14 bits per heavy atom. The fourth-order valence-electron chi connectivity index (χ4n) is 4.26. The topological polar surface area (TPSA) is 90.5 Å². The minimum absolute atomic E-state index is 0.0413. The van der Waals surface area contributed by atoms with Crippen LogP contribution in [0.5, 0.6) is 0 Å². The highest BCUT2D eigenvalue weighted by Crippen LogP contribution is 2.40. The van der Waals surface area contributed by atoms with E-state index in [1.807, 2.05) is 4.90 Å². The van der Waals surface area contributed by atoms with Gasteiger partial charge in [0.2, 0.25) is 5.43 Å². The molecule has 2 fully saturated rings. The Bertz CT molecular complexity index is 1390. The maximum atomic E-state index is 14.5. The van der Waals surface area contributed by atoms with Gasteiger partial charge in [-0.05, 0) is 18.6 Å². The number of fused-ring (bicyclic) bond motifs is 1. The van der Waals surface area contributed by atoms with Gasteiger partial charge in [0.25, 0.3) is 5.91 Å². The lowest BCUT2D eigenvalue weighted by molar-refractivity contribution is -0.134. The van der Waals surface area contributed by atoms with Gasteiger partial charge >= 0.3 is 6.18 Å². The summed E-state index contributed by atoms with van der Waals surface area (Å²) in [6.45, 7) is 4.24. The lowest BCUT2D eigenvalue weighted by Crippen LogP contribution is -2.66. The summed E-state index contributed by atoms with van der Waals surface area (Å²) >= 11 is 0. The van der Waals surface area contributed by atoms with Gasteiger partial charge in [-0.3, -0.25) is 14.2 Å². The molecule has 1 aromatic carbocycles. The first kappa shape index (κ1) is 26.5. The molecule has 0 aliphatic carbocycles. The van der Waals surface area contributed by atoms with E-state index in [9.17, 15) is 35.9 Å². The molecule has 2 aliphatic rings. The summed E-state index contributed by atoms with van der Waals surface area (Å²) in [4.78, 5) is 30.8. The molecule has 5 rings (SSSR count). The third-order valence-electron chi connectivity index (χ3n) is 6.05. The number of nitrogens with two attached hydrogens (primary N) is 1. The average molecular weight is 528 g/mol. The fourth-order valence-corrected chi connectivity index (χ4v) is 4.26. The largest absolute Gasteiger partial charge is 0.389 e. The summed E-state index contributed by atoms with van der Waals surface area (Å²) in [5, 5.41) is -0.0413. The third-order valence-corrected chi connectivity index (χ3v) is 6.05. The number of benzene rings is 1. The molecule has 2 aliphatic heterocycles. The lowest BCUT2D eigenvalue weighted by atomic mass is 9.78. The molecule has 3 aromatic rings. The van der Waals surface area contributed by atoms with Crippen molar-refractivity contribution in [2.24, 2.45) is 11.1 Å². The minimum atomic E-state index is -3.95. The highest BCUT2D eigenvalue weighted by atomic mass is 19.4. The zero-order valence-corrected chi connectivity index (χ0v) is 19.5. The number of aromatic nitrogens is 2. The zero-order chi connectivity index (χ0) is 27.1. The van der Waals surface area contributed by atoms with Crippen LogP contribution in [0.2, 0.25) is 0 Å². The van der Waals surface area contributed by atoms with Gasteiger partial charge in [-0.1, -0.05) is 6.92 Å². The van der Waals surface area contributed by atoms with Crippen LogP contribution >= 0.6 is 0 Å². The van der Waals surface area contributed by atoms with E-state index in [1.165, 1.54) is 13.0 Å². The molecular weight excluding hydrogens is 506 g/mol. The summed E-state index contributed by atoms with van der Waals surface area (Å²) < 4.78 is 81.7. The lowest BCUT2D eigenvalue weighted by Gasteiger charge is -2.55. The highest BCUT2D eigenvalue weighted by molar-refractivity contribution is 5.96. The van der Waals surface area contributed by atoms with Crippen LogP contribution < -0.4 is 16.1 Å². The maximum Gasteiger partial charge on any atom is 0.389 e. The van der Waals surface area contributed by atoms with Crippen molar-refractivity contribution >= 4 is 22.8 Å². The van der Waals surface area contributed by atoms with Crippen molar-refractivity contribution in [3.05, 3.63) is 63.7 Å². The standard InChI is InChI=1S/C20H15F3N4O3.C4H7F3/c21-10-3-13(22)16(14(23)4-10)27-5-12(18(24)29)17(28)11-1-2-15(25-19(11)27)26-6-20(7-26)8-30-9-20;1-2-3-4(5,6)7/h1-5H,6-9H2,(H2,24,29);2-3H2,1H3. The highest BCUT2D eigenvalue weighted by Gasteiger charge is 2.49. The zero-order valence-electron chi connectivity index (χ0n) is 19.5. The van der Waals surface area contributed by atoms with Crippen molar-refractivity contribution in [3.63, 3.8) is 0 Å². The predicted octanol–water partition coefficient (Wildman–Crippen LogP) is 4.09. The summed E-state index contributed by atoms with van der Waals surface area (Å²) in [6, 6.07) is 4.05. The minimum Gasteiger partial charge on any atom is -0.380 e. The van der Waals surface area contributed by atoms with Crippen LogP contribution in [-0.4, -0.2) is 47.9 Å². The van der Waals surface area contributed by atoms with Crippen molar-refractivity contribution in [3.8, 4) is 5.69 Å². The van der Waals surface area contributed by atoms with E-state index in [2.05, 4.69) is 4.98 Å². The van der Waals surface area contributed by atoms with Crippen molar-refractivity contribution in [1.29, 1.82) is 0 Å². The molecule has 2 aromatic heterocycles. The molecule has 7 nitrogen and oxygen atoms in total. The Morgan fingerprint density at radius 2 is 1.76 bits per heavy atom. The van der Waals surface area contributed by atoms with Gasteiger partial charge in [0.15, 0.2) is 17.3 Å². The monoisotopic (exact) mass is 528 g/mol. The molecule has 2 N–H and O–H groups in total. The SMILES string of the molecule is CCCC(F)(F)F.NC(=O)c1cn(-c2c(F)cc(F)cc2F)c2nc(N3CC4(COC4)C3)ccc2c1=O. The Balaban J connectivity index is 0.000000405. The van der Waals surface area contributed by atoms with Crippen LogP contribution in [0.1, 0.15) is 30.1 Å². The molecule has 0 saturated carbocycles. The first-order valence-electron chi connectivity index (χ1n) is 11.2. The molecule has 0 radical (unpaired) electrons. The molecule has 198 valence electrons. The van der Waals surface area contributed by atoms with Gasteiger partial charge < -0.3 is 15.4 Å². The molecular formula is C24H22F6N4O3. The van der Waals surface area contributed by atoms with Gasteiger partial charge in [-0.2, -0.15) is 13.2 Å². The molecule has 0 atom stereocenters. The number of pyridine rings is 2. The van der Waals surface area contributed by atoms with Gasteiger partial charge in [0, 0.05) is 37.8 Å². The smallest absolute Gasteiger partial charge is 0.380 e. The third kappa shape index (κ3) is 5.26. The molecule has 37 heavy (non-hydrogen) atoms. The number of ether oxygens (including phenoxy) is 1. The van der Waals surface area contributed by atoms with E-state index < -0.39 is 52.6 Å². The molecule has 0 unspecified atom stereocenters. The number of nitrogens with zero attached hydrogens (tertiary/aromatic N) is 3. The summed E-state index contributed by atoms with van der Waals surface area (Å²) in [5.74, 6) is -4.08. The second kappa shape index (κ2) is 9.69. The number of carbonyl (C=O) groups is 1. The summed E-state index contributed by atoms with van der Waals surface area (Å²) in [7, 11) is 0. The van der Waals surface area contributed by atoms with Gasteiger partial charge in [-0.15, -0.1) is 0 Å². The maximum absolute atomic E-state index is 14.5. The first-order valence-corrected chi connectivity index (χ1v) is 11.2. The number of rotatable bonds is 4. The van der Waals surface area contributed by atoms with E-state index in [0.29, 0.717) is 44.3 Å². The molecule has 1 spiro atoms. The normalized spacial score (nSPS) is 16.1. The summed E-state index contributed by atoms with van der Waals surface area (Å²) in [5.41, 5.74) is 3.47. The van der Waals surface area contributed by atoms with Crippen LogP contribution in [0, 0.1) is 22.9 Å². The summed E-state index contributed by atoms with van der Waals surface area (Å²) in [6.07, 6.45) is -3.49. The van der Waals surface area contributed by atoms with E-state index in [1.54, 1.807) is 6.07 Å². The Hall–Kier alpha value is -3.61. The molecule has 1 amide bonds. The number of carbonyl (C=O) groups excluding carboxylic acids is 1. The van der Waals surface area contributed by atoms with Crippen LogP contribution in [0.4, 0.5) is 32.2 Å². The van der Waals surface area contributed by atoms with E-state index in [-0.39, 0.29) is 22.9 Å². The number of amides is 1. The number of halogens is 6. The number of anilines is 1. The van der Waals surface area contributed by atoms with Crippen LogP contribution in [0.3, 0.4) is 0 Å². The molecule has 2 saturated heterocycles. The second-order valence-electron chi connectivity index (χ2n) is 9.08. The Kier molecular flexibility index (Phi) is 6.93. The van der Waals surface area contributed by atoms with Crippen LogP contribution in [-0.2, 0) is 4.74 Å². The molecule has 13 heteroatoms. The van der Waals surface area contributed by atoms with Crippen molar-refractivity contribution < 1.29 is 35.9 Å². The second-order valence-corrected chi connectivity index (χ2v) is 9.08. The van der Waals surface area contributed by atoms with E-state index >= 15 is 0 Å². The van der Waals surface area contributed by atoms with Crippen molar-refractivity contribution in [1.82, 2.24) is 9.55 Å². The van der Waals surface area contributed by atoms with E-state index in [0.717, 1.165) is 10.8 Å². The van der Waals surface area contributed by atoms with Crippen molar-refractivity contribution in [2.75, 3.05) is 31.2 Å². The Morgan fingerprint density at radius 3 is 2.22 bits per heavy atom. The quantitative estimate of drug-likeness (QED) is 0.516. The van der Waals surface area contributed by atoms with Crippen LogP contribution in [0.15, 0.2) is 35.3 Å².